The number of ether oxygens (including phenoxy) is 4. The van der Waals surface area contributed by atoms with E-state index in [4.69, 9.17) is 18.9 Å². The number of hydrogen-bond donors (Lipinski definition) is 4. The Kier molecular flexibility index (Phi) is 13.7. The minimum atomic E-state index is -0.834. The van der Waals surface area contributed by atoms with E-state index in [-0.39, 0.29) is 55.4 Å². The topological polar surface area (TPSA) is 166 Å². The summed E-state index contributed by atoms with van der Waals surface area (Å²) >= 11 is 0. The zero-order chi connectivity index (χ0) is 36.0. The molecular formula is C38H43N3O9. The molecule has 50 heavy (non-hydrogen) atoms. The van der Waals surface area contributed by atoms with E-state index in [1.807, 2.05) is 30.3 Å². The van der Waals surface area contributed by atoms with Crippen LogP contribution in [0.3, 0.4) is 0 Å². The van der Waals surface area contributed by atoms with Crippen LogP contribution in [0, 0.1) is 13.8 Å². The second-order valence-electron chi connectivity index (χ2n) is 11.2. The lowest BCUT2D eigenvalue weighted by Gasteiger charge is -2.18. The van der Waals surface area contributed by atoms with Gasteiger partial charge in [-0.2, -0.15) is 0 Å². The van der Waals surface area contributed by atoms with Gasteiger partial charge in [0.25, 0.3) is 5.91 Å². The fourth-order valence-corrected chi connectivity index (χ4v) is 5.18. The van der Waals surface area contributed by atoms with Crippen molar-refractivity contribution >= 4 is 17.8 Å². The molecule has 4 N–H and O–H groups in total. The predicted octanol–water partition coefficient (Wildman–Crippen LogP) is 4.76. The predicted molar refractivity (Wildman–Crippen MR) is 187 cm³/mol. The summed E-state index contributed by atoms with van der Waals surface area (Å²) in [5.41, 5.74) is 3.24. The van der Waals surface area contributed by atoms with E-state index >= 15 is 0 Å². The Morgan fingerprint density at radius 2 is 1.44 bits per heavy atom. The van der Waals surface area contributed by atoms with Crippen LogP contribution in [0.4, 0.5) is 0 Å². The summed E-state index contributed by atoms with van der Waals surface area (Å²) in [5, 5.41) is 26.5. The number of amides is 1. The van der Waals surface area contributed by atoms with Crippen LogP contribution in [0.25, 0.3) is 11.1 Å². The zero-order valence-electron chi connectivity index (χ0n) is 28.7. The van der Waals surface area contributed by atoms with Crippen molar-refractivity contribution < 1.29 is 43.5 Å². The number of esters is 2. The number of aryl methyl sites for hydroxylation is 2. The number of hydrogen-bond acceptors (Lipinski definition) is 11. The molecule has 1 amide bonds. The number of phenolic OH excluding ortho intramolecular Hbond substituents is 1. The third-order valence-electron chi connectivity index (χ3n) is 7.54. The molecule has 3 aromatic carbocycles. The lowest BCUT2D eigenvalue weighted by atomic mass is 9.92. The van der Waals surface area contributed by atoms with Gasteiger partial charge in [-0.25, -0.2) is 9.59 Å². The number of aliphatic hydroxyl groups is 1. The highest BCUT2D eigenvalue weighted by Gasteiger charge is 2.28. The van der Waals surface area contributed by atoms with Crippen molar-refractivity contribution in [2.75, 3.05) is 39.5 Å². The second-order valence-corrected chi connectivity index (χ2v) is 11.2. The van der Waals surface area contributed by atoms with Gasteiger partial charge in [0.1, 0.15) is 36.6 Å². The number of carbonyl (C=O) groups excluding carboxylic acids is 3. The Balaban J connectivity index is 1.28. The molecule has 0 spiro atoms. The van der Waals surface area contributed by atoms with E-state index in [0.717, 1.165) is 5.56 Å². The zero-order valence-corrected chi connectivity index (χ0v) is 28.7. The van der Waals surface area contributed by atoms with E-state index in [1.54, 1.807) is 58.0 Å². The molecule has 12 nitrogen and oxygen atoms in total. The van der Waals surface area contributed by atoms with Gasteiger partial charge >= 0.3 is 11.9 Å². The number of nitrogens with one attached hydrogen (secondary N) is 2. The number of pyridine rings is 1. The van der Waals surface area contributed by atoms with Gasteiger partial charge in [-0.1, -0.05) is 42.5 Å². The van der Waals surface area contributed by atoms with Crippen molar-refractivity contribution in [1.82, 2.24) is 15.6 Å². The van der Waals surface area contributed by atoms with Crippen LogP contribution in [0.1, 0.15) is 61.9 Å². The number of aromatic hydroxyl groups is 1. The maximum absolute atomic E-state index is 13.0. The van der Waals surface area contributed by atoms with Gasteiger partial charge < -0.3 is 39.8 Å². The molecule has 0 aliphatic rings. The minimum Gasteiger partial charge on any atom is -0.507 e. The van der Waals surface area contributed by atoms with E-state index in [1.165, 1.54) is 12.1 Å². The summed E-state index contributed by atoms with van der Waals surface area (Å²) in [6.07, 6.45) is -0.834. The Morgan fingerprint density at radius 3 is 2.06 bits per heavy atom. The molecule has 0 saturated heterocycles. The van der Waals surface area contributed by atoms with Crippen molar-refractivity contribution in [3.8, 4) is 28.4 Å². The van der Waals surface area contributed by atoms with Crippen molar-refractivity contribution in [3.63, 3.8) is 0 Å². The summed E-state index contributed by atoms with van der Waals surface area (Å²) < 4.78 is 22.1. The summed E-state index contributed by atoms with van der Waals surface area (Å²) in [6, 6.07) is 20.7. The molecule has 1 unspecified atom stereocenters. The van der Waals surface area contributed by atoms with Crippen LogP contribution in [-0.2, 0) is 16.0 Å². The Bertz CT molecular complexity index is 1720. The monoisotopic (exact) mass is 685 g/mol. The van der Waals surface area contributed by atoms with E-state index in [2.05, 4.69) is 15.6 Å². The van der Waals surface area contributed by atoms with Crippen LogP contribution < -0.4 is 20.1 Å². The molecule has 0 aliphatic heterocycles. The highest BCUT2D eigenvalue weighted by Crippen LogP contribution is 2.33. The van der Waals surface area contributed by atoms with Crippen LogP contribution in [0.15, 0.2) is 72.8 Å². The molecule has 0 radical (unpaired) electrons. The average Bonchev–Trinajstić information content (AvgIpc) is 3.10. The molecule has 4 aromatic rings. The Labute approximate surface area is 291 Å². The molecule has 0 fully saturated rings. The second kappa shape index (κ2) is 18.3. The van der Waals surface area contributed by atoms with Gasteiger partial charge in [0.15, 0.2) is 0 Å². The quantitative estimate of drug-likeness (QED) is 0.0894. The molecule has 4 rings (SSSR count). The van der Waals surface area contributed by atoms with Crippen LogP contribution in [0.2, 0.25) is 0 Å². The normalized spacial score (nSPS) is 11.4. The molecule has 1 aromatic heterocycles. The Morgan fingerprint density at radius 1 is 0.820 bits per heavy atom. The first-order valence-corrected chi connectivity index (χ1v) is 16.4. The van der Waals surface area contributed by atoms with E-state index in [0.29, 0.717) is 47.1 Å². The molecule has 264 valence electrons. The SMILES string of the molecule is CCOC(=O)c1c(C)nc(C)c(C(=O)OCC)c1-c1ccc(OCC(O)CNCCOc2ccc(O)c(C(=O)NCc3ccccc3)c2)cc1. The number of nitrogens with zero attached hydrogens (tertiary/aromatic N) is 1. The Hall–Kier alpha value is -5.46. The fourth-order valence-electron chi connectivity index (χ4n) is 5.18. The highest BCUT2D eigenvalue weighted by molar-refractivity contribution is 6.07. The number of benzene rings is 3. The number of rotatable bonds is 17. The summed E-state index contributed by atoms with van der Waals surface area (Å²) in [6.45, 7) is 8.31. The largest absolute Gasteiger partial charge is 0.507 e. The van der Waals surface area contributed by atoms with Gasteiger partial charge in [0.2, 0.25) is 0 Å². The smallest absolute Gasteiger partial charge is 0.340 e. The fraction of sp³-hybridized carbons (Fsp3) is 0.316. The van der Waals surface area contributed by atoms with Gasteiger partial charge in [-0.05, 0) is 69.2 Å². The van der Waals surface area contributed by atoms with Crippen molar-refractivity contribution in [3.05, 3.63) is 106 Å². The summed E-state index contributed by atoms with van der Waals surface area (Å²) in [7, 11) is 0. The van der Waals surface area contributed by atoms with Gasteiger partial charge in [0.05, 0.1) is 41.3 Å². The maximum Gasteiger partial charge on any atom is 0.340 e. The average molecular weight is 686 g/mol. The molecule has 1 heterocycles. The van der Waals surface area contributed by atoms with E-state index < -0.39 is 23.9 Å². The first kappa shape index (κ1) is 37.4. The first-order chi connectivity index (χ1) is 24.1. The molecule has 12 heteroatoms. The highest BCUT2D eigenvalue weighted by atomic mass is 16.5. The summed E-state index contributed by atoms with van der Waals surface area (Å²) in [4.78, 5) is 43.0. The first-order valence-electron chi connectivity index (χ1n) is 16.4. The van der Waals surface area contributed by atoms with Crippen LogP contribution in [-0.4, -0.2) is 78.7 Å². The minimum absolute atomic E-state index is 0.00223. The number of aliphatic hydroxyl groups excluding tert-OH is 1. The third-order valence-corrected chi connectivity index (χ3v) is 7.54. The number of carbonyl (C=O) groups is 3. The van der Waals surface area contributed by atoms with Gasteiger partial charge in [0, 0.05) is 25.2 Å². The third kappa shape index (κ3) is 10.0. The standard InChI is InChI=1S/C38H43N3O9/c1-5-47-37(45)33-24(3)41-25(4)34(38(46)48-6-2)35(33)27-12-14-29(15-13-27)50-23-28(42)22-39-18-19-49-30-16-17-32(43)31(20-30)36(44)40-21-26-10-8-7-9-11-26/h7-17,20,28,39,42-43H,5-6,18-19,21-23H2,1-4H3,(H,40,44). The molecule has 0 aliphatic carbocycles. The van der Waals surface area contributed by atoms with Gasteiger partial charge in [-0.3, -0.25) is 9.78 Å². The molecular weight excluding hydrogens is 642 g/mol. The lowest BCUT2D eigenvalue weighted by Crippen LogP contribution is -2.33. The molecule has 0 bridgehead atoms. The van der Waals surface area contributed by atoms with Crippen molar-refractivity contribution in [2.45, 2.75) is 40.3 Å². The van der Waals surface area contributed by atoms with Gasteiger partial charge in [-0.15, -0.1) is 0 Å². The van der Waals surface area contributed by atoms with Crippen LogP contribution in [0.5, 0.6) is 17.2 Å². The number of aromatic nitrogens is 1. The van der Waals surface area contributed by atoms with Crippen molar-refractivity contribution in [1.29, 1.82) is 0 Å². The number of phenols is 1. The molecule has 0 saturated carbocycles. The van der Waals surface area contributed by atoms with Crippen molar-refractivity contribution in [2.24, 2.45) is 0 Å². The molecule has 1 atom stereocenters. The van der Waals surface area contributed by atoms with E-state index in [9.17, 15) is 24.6 Å². The van der Waals surface area contributed by atoms with Crippen LogP contribution >= 0.6 is 0 Å². The summed E-state index contributed by atoms with van der Waals surface area (Å²) in [5.74, 6) is -0.849. The lowest BCUT2D eigenvalue weighted by molar-refractivity contribution is 0.0524. The maximum atomic E-state index is 13.0.